The standard InChI is InChI=1S/C27H51N3O4/c1-12-19(8)23(28-26(33)27(14-3,15-4)29-21(10)13-2)24(31)30(11)22(18(6)7)17-20(9)25(32)34-16-5/h17-19,21-23,29H,12-16H2,1-11H3,(H,28,33)/b20-17+. The van der Waals surface area contributed by atoms with E-state index in [4.69, 9.17) is 4.74 Å². The van der Waals surface area contributed by atoms with Crippen molar-refractivity contribution < 1.29 is 19.1 Å². The summed E-state index contributed by atoms with van der Waals surface area (Å²) in [4.78, 5) is 41.1. The number of likely N-dealkylation sites (N-methyl/N-ethyl adjacent to an activating group) is 1. The third-order valence-corrected chi connectivity index (χ3v) is 7.04. The Bertz CT molecular complexity index is 685. The van der Waals surface area contributed by atoms with Crippen LogP contribution in [0.3, 0.4) is 0 Å². The van der Waals surface area contributed by atoms with Crippen molar-refractivity contribution in [3.8, 4) is 0 Å². The molecule has 4 unspecified atom stereocenters. The van der Waals surface area contributed by atoms with Crippen LogP contribution in [-0.4, -0.2) is 60.0 Å². The maximum Gasteiger partial charge on any atom is 0.333 e. The summed E-state index contributed by atoms with van der Waals surface area (Å²) >= 11 is 0. The highest BCUT2D eigenvalue weighted by Crippen LogP contribution is 2.22. The molecule has 0 saturated carbocycles. The number of carbonyl (C=O) groups is 3. The normalized spacial score (nSPS) is 15.9. The zero-order chi connectivity index (χ0) is 26.6. The summed E-state index contributed by atoms with van der Waals surface area (Å²) < 4.78 is 5.11. The Morgan fingerprint density at radius 2 is 1.53 bits per heavy atom. The molecule has 0 fully saturated rings. The molecule has 0 rings (SSSR count). The van der Waals surface area contributed by atoms with E-state index in [1.807, 2.05) is 41.5 Å². The lowest BCUT2D eigenvalue weighted by Gasteiger charge is -2.38. The number of rotatable bonds is 15. The molecule has 0 radical (unpaired) electrons. The topological polar surface area (TPSA) is 87.7 Å². The van der Waals surface area contributed by atoms with Crippen LogP contribution in [0.5, 0.6) is 0 Å². The van der Waals surface area contributed by atoms with E-state index in [0.717, 1.165) is 12.8 Å². The molecule has 0 aromatic carbocycles. The van der Waals surface area contributed by atoms with Crippen LogP contribution in [0.15, 0.2) is 11.6 Å². The highest BCUT2D eigenvalue weighted by atomic mass is 16.5. The van der Waals surface area contributed by atoms with Crippen molar-refractivity contribution in [1.29, 1.82) is 0 Å². The van der Waals surface area contributed by atoms with Gasteiger partial charge in [-0.05, 0) is 51.9 Å². The molecule has 0 spiro atoms. The second-order valence-corrected chi connectivity index (χ2v) is 9.83. The van der Waals surface area contributed by atoms with Gasteiger partial charge in [0.2, 0.25) is 11.8 Å². The van der Waals surface area contributed by atoms with Gasteiger partial charge < -0.3 is 20.3 Å². The molecule has 0 aliphatic rings. The van der Waals surface area contributed by atoms with Gasteiger partial charge in [0.25, 0.3) is 0 Å². The molecule has 0 aromatic heterocycles. The lowest BCUT2D eigenvalue weighted by atomic mass is 9.88. The molecule has 0 aliphatic carbocycles. The van der Waals surface area contributed by atoms with Crippen LogP contribution >= 0.6 is 0 Å². The maximum absolute atomic E-state index is 13.7. The van der Waals surface area contributed by atoms with Crippen molar-refractivity contribution in [1.82, 2.24) is 15.5 Å². The minimum absolute atomic E-state index is 0.0446. The fraction of sp³-hybridized carbons (Fsp3) is 0.815. The van der Waals surface area contributed by atoms with Crippen molar-refractivity contribution in [2.24, 2.45) is 11.8 Å². The van der Waals surface area contributed by atoms with E-state index in [2.05, 4.69) is 24.5 Å². The van der Waals surface area contributed by atoms with Crippen molar-refractivity contribution in [2.75, 3.05) is 13.7 Å². The monoisotopic (exact) mass is 481 g/mol. The fourth-order valence-electron chi connectivity index (χ4n) is 4.06. The van der Waals surface area contributed by atoms with Crippen LogP contribution in [0.1, 0.15) is 94.9 Å². The highest BCUT2D eigenvalue weighted by molar-refractivity contribution is 5.92. The lowest BCUT2D eigenvalue weighted by molar-refractivity contribution is -0.141. The molecule has 198 valence electrons. The first kappa shape index (κ1) is 32.1. The quantitative estimate of drug-likeness (QED) is 0.266. The maximum atomic E-state index is 13.7. The fourth-order valence-corrected chi connectivity index (χ4v) is 4.06. The van der Waals surface area contributed by atoms with Crippen LogP contribution in [0.25, 0.3) is 0 Å². The van der Waals surface area contributed by atoms with Crippen molar-refractivity contribution >= 4 is 17.8 Å². The van der Waals surface area contributed by atoms with Crippen LogP contribution in [0.2, 0.25) is 0 Å². The van der Waals surface area contributed by atoms with Crippen molar-refractivity contribution in [2.45, 2.75) is 119 Å². The predicted molar refractivity (Wildman–Crippen MR) is 139 cm³/mol. The summed E-state index contributed by atoms with van der Waals surface area (Å²) in [5, 5.41) is 6.61. The molecule has 0 aromatic rings. The Balaban J connectivity index is 6.02. The molecule has 2 N–H and O–H groups in total. The van der Waals surface area contributed by atoms with E-state index in [1.54, 1.807) is 31.9 Å². The molecule has 0 heterocycles. The van der Waals surface area contributed by atoms with Crippen LogP contribution in [0.4, 0.5) is 0 Å². The average molecular weight is 482 g/mol. The zero-order valence-electron chi connectivity index (χ0n) is 23.6. The highest BCUT2D eigenvalue weighted by Gasteiger charge is 2.40. The number of ether oxygens (including phenoxy) is 1. The van der Waals surface area contributed by atoms with E-state index in [1.165, 1.54) is 0 Å². The summed E-state index contributed by atoms with van der Waals surface area (Å²) in [6.07, 6.45) is 4.72. The van der Waals surface area contributed by atoms with Gasteiger partial charge in [-0.1, -0.05) is 61.0 Å². The molecular weight excluding hydrogens is 430 g/mol. The first-order valence-electron chi connectivity index (χ1n) is 13.1. The van der Waals surface area contributed by atoms with Gasteiger partial charge >= 0.3 is 5.97 Å². The summed E-state index contributed by atoms with van der Waals surface area (Å²) in [5.74, 6) is -0.642. The van der Waals surface area contributed by atoms with Gasteiger partial charge in [0.05, 0.1) is 18.2 Å². The van der Waals surface area contributed by atoms with Crippen LogP contribution in [-0.2, 0) is 19.1 Å². The van der Waals surface area contributed by atoms with Gasteiger partial charge in [-0.15, -0.1) is 0 Å². The minimum atomic E-state index is -0.724. The van der Waals surface area contributed by atoms with E-state index in [-0.39, 0.29) is 41.7 Å². The van der Waals surface area contributed by atoms with E-state index >= 15 is 0 Å². The molecular formula is C27H51N3O4. The van der Waals surface area contributed by atoms with Gasteiger partial charge in [0.1, 0.15) is 6.04 Å². The second-order valence-electron chi connectivity index (χ2n) is 9.83. The Hall–Kier alpha value is -1.89. The average Bonchev–Trinajstić information content (AvgIpc) is 2.82. The van der Waals surface area contributed by atoms with Gasteiger partial charge in [-0.25, -0.2) is 4.79 Å². The lowest BCUT2D eigenvalue weighted by Crippen LogP contribution is -2.63. The first-order chi connectivity index (χ1) is 15.8. The molecule has 7 heteroatoms. The Morgan fingerprint density at radius 3 is 1.94 bits per heavy atom. The van der Waals surface area contributed by atoms with E-state index in [0.29, 0.717) is 25.0 Å². The second kappa shape index (κ2) is 15.2. The van der Waals surface area contributed by atoms with Gasteiger partial charge in [-0.2, -0.15) is 0 Å². The Labute approximate surface area is 208 Å². The zero-order valence-corrected chi connectivity index (χ0v) is 23.6. The van der Waals surface area contributed by atoms with Gasteiger partial charge in [0.15, 0.2) is 0 Å². The Morgan fingerprint density at radius 1 is 0.971 bits per heavy atom. The smallest absolute Gasteiger partial charge is 0.333 e. The number of carbonyl (C=O) groups excluding carboxylic acids is 3. The molecule has 0 bridgehead atoms. The number of amides is 2. The number of hydrogen-bond acceptors (Lipinski definition) is 5. The summed E-state index contributed by atoms with van der Waals surface area (Å²) in [6.45, 7) is 20.0. The molecule has 0 saturated heterocycles. The SMILES string of the molecule is CCOC(=O)/C(C)=C/C(C(C)C)N(C)C(=O)C(NC(=O)C(CC)(CC)NC(C)CC)C(C)CC. The number of esters is 1. The van der Waals surface area contributed by atoms with Gasteiger partial charge in [0, 0.05) is 18.7 Å². The van der Waals surface area contributed by atoms with E-state index in [9.17, 15) is 14.4 Å². The number of nitrogens with zero attached hydrogens (tertiary/aromatic N) is 1. The Kier molecular flexibility index (Phi) is 14.3. The molecule has 0 aliphatic heterocycles. The molecule has 4 atom stereocenters. The third kappa shape index (κ3) is 8.71. The molecule has 7 nitrogen and oxygen atoms in total. The van der Waals surface area contributed by atoms with Crippen molar-refractivity contribution in [3.63, 3.8) is 0 Å². The summed E-state index contributed by atoms with van der Waals surface area (Å²) in [5.41, 5.74) is -0.254. The van der Waals surface area contributed by atoms with Crippen molar-refractivity contribution in [3.05, 3.63) is 11.6 Å². The third-order valence-electron chi connectivity index (χ3n) is 7.04. The predicted octanol–water partition coefficient (Wildman–Crippen LogP) is 4.46. The van der Waals surface area contributed by atoms with Crippen LogP contribution < -0.4 is 10.6 Å². The first-order valence-corrected chi connectivity index (χ1v) is 13.1. The number of hydrogen-bond donors (Lipinski definition) is 2. The largest absolute Gasteiger partial charge is 0.463 e. The van der Waals surface area contributed by atoms with Gasteiger partial charge in [-0.3, -0.25) is 9.59 Å². The minimum Gasteiger partial charge on any atom is -0.463 e. The molecule has 2 amide bonds. The van der Waals surface area contributed by atoms with Crippen LogP contribution in [0, 0.1) is 11.8 Å². The summed E-state index contributed by atoms with van der Waals surface area (Å²) in [7, 11) is 1.74. The van der Waals surface area contributed by atoms with E-state index < -0.39 is 11.6 Å². The number of nitrogens with one attached hydrogen (secondary N) is 2. The summed E-state index contributed by atoms with van der Waals surface area (Å²) in [6, 6.07) is -0.774. The molecule has 34 heavy (non-hydrogen) atoms.